The molecule has 0 spiro atoms. The molecule has 1 heteroatoms. The zero-order chi connectivity index (χ0) is 8.65. The standard InChI is InChI=1S/C10H21N/c1-7(6-11)9-5-8(2)10(9,3)4/h7-9H,5-6,11H2,1-4H3. The lowest BCUT2D eigenvalue weighted by molar-refractivity contribution is -0.0399. The molecule has 2 N–H and O–H groups in total. The SMILES string of the molecule is CC(CN)C1CC(C)C1(C)C. The lowest BCUT2D eigenvalue weighted by atomic mass is 9.52. The van der Waals surface area contributed by atoms with Crippen LogP contribution in [-0.4, -0.2) is 6.54 Å². The van der Waals surface area contributed by atoms with Crippen molar-refractivity contribution in [1.29, 1.82) is 0 Å². The monoisotopic (exact) mass is 155 g/mol. The van der Waals surface area contributed by atoms with Crippen molar-refractivity contribution in [3.63, 3.8) is 0 Å². The minimum atomic E-state index is 0.540. The molecule has 1 aliphatic rings. The van der Waals surface area contributed by atoms with Crippen molar-refractivity contribution in [2.45, 2.75) is 34.1 Å². The van der Waals surface area contributed by atoms with Gasteiger partial charge < -0.3 is 5.73 Å². The van der Waals surface area contributed by atoms with Crippen LogP contribution < -0.4 is 5.73 Å². The van der Waals surface area contributed by atoms with Crippen LogP contribution in [0.4, 0.5) is 0 Å². The number of nitrogens with two attached hydrogens (primary N) is 1. The van der Waals surface area contributed by atoms with Gasteiger partial charge in [0.15, 0.2) is 0 Å². The van der Waals surface area contributed by atoms with Crippen LogP contribution in [0.15, 0.2) is 0 Å². The molecule has 3 atom stereocenters. The fourth-order valence-electron chi connectivity index (χ4n) is 2.32. The second kappa shape index (κ2) is 2.78. The van der Waals surface area contributed by atoms with Crippen molar-refractivity contribution in [3.8, 4) is 0 Å². The van der Waals surface area contributed by atoms with Crippen molar-refractivity contribution in [2.75, 3.05) is 6.54 Å². The van der Waals surface area contributed by atoms with E-state index < -0.39 is 0 Å². The molecule has 1 nitrogen and oxygen atoms in total. The Morgan fingerprint density at radius 3 is 2.36 bits per heavy atom. The first-order valence-corrected chi connectivity index (χ1v) is 4.70. The maximum absolute atomic E-state index is 5.65. The first-order chi connectivity index (χ1) is 5.00. The number of rotatable bonds is 2. The summed E-state index contributed by atoms with van der Waals surface area (Å²) in [6.45, 7) is 10.2. The van der Waals surface area contributed by atoms with Gasteiger partial charge in [-0.1, -0.05) is 27.7 Å². The number of hydrogen-bond donors (Lipinski definition) is 1. The van der Waals surface area contributed by atoms with Crippen molar-refractivity contribution < 1.29 is 0 Å². The quantitative estimate of drug-likeness (QED) is 0.650. The Kier molecular flexibility index (Phi) is 2.29. The highest BCUT2D eigenvalue weighted by Gasteiger charge is 2.46. The van der Waals surface area contributed by atoms with Crippen LogP contribution in [0.25, 0.3) is 0 Å². The molecule has 1 aliphatic carbocycles. The van der Waals surface area contributed by atoms with Crippen molar-refractivity contribution in [3.05, 3.63) is 0 Å². The van der Waals surface area contributed by atoms with Crippen LogP contribution in [0.2, 0.25) is 0 Å². The first kappa shape index (κ1) is 9.05. The lowest BCUT2D eigenvalue weighted by Gasteiger charge is -2.53. The molecule has 0 radical (unpaired) electrons. The topological polar surface area (TPSA) is 26.0 Å². The molecule has 0 bridgehead atoms. The third kappa shape index (κ3) is 1.31. The highest BCUT2D eigenvalue weighted by molar-refractivity contribution is 4.96. The summed E-state index contributed by atoms with van der Waals surface area (Å²) in [5.74, 6) is 2.46. The van der Waals surface area contributed by atoms with Gasteiger partial charge in [0.2, 0.25) is 0 Å². The van der Waals surface area contributed by atoms with Gasteiger partial charge in [-0.25, -0.2) is 0 Å². The normalized spacial score (nSPS) is 37.9. The first-order valence-electron chi connectivity index (χ1n) is 4.70. The Bertz CT molecular complexity index is 140. The molecular weight excluding hydrogens is 134 g/mol. The Balaban J connectivity index is 2.52. The zero-order valence-corrected chi connectivity index (χ0v) is 8.22. The summed E-state index contributed by atoms with van der Waals surface area (Å²) < 4.78 is 0. The van der Waals surface area contributed by atoms with E-state index in [4.69, 9.17) is 5.73 Å². The average molecular weight is 155 g/mol. The van der Waals surface area contributed by atoms with Gasteiger partial charge in [-0.2, -0.15) is 0 Å². The molecule has 0 aromatic carbocycles. The van der Waals surface area contributed by atoms with Crippen LogP contribution in [0, 0.1) is 23.2 Å². The summed E-state index contributed by atoms with van der Waals surface area (Å²) in [6, 6.07) is 0. The van der Waals surface area contributed by atoms with Gasteiger partial charge in [0, 0.05) is 0 Å². The molecule has 0 aromatic heterocycles. The molecule has 0 amide bonds. The van der Waals surface area contributed by atoms with E-state index in [0.717, 1.165) is 18.4 Å². The van der Waals surface area contributed by atoms with E-state index in [2.05, 4.69) is 27.7 Å². The van der Waals surface area contributed by atoms with Crippen molar-refractivity contribution in [2.24, 2.45) is 28.9 Å². The van der Waals surface area contributed by atoms with Gasteiger partial charge in [-0.15, -0.1) is 0 Å². The van der Waals surface area contributed by atoms with E-state index in [9.17, 15) is 0 Å². The molecule has 0 aliphatic heterocycles. The third-order valence-corrected chi connectivity index (χ3v) is 3.89. The predicted octanol–water partition coefficient (Wildman–Crippen LogP) is 2.26. The fraction of sp³-hybridized carbons (Fsp3) is 1.00. The van der Waals surface area contributed by atoms with Gasteiger partial charge in [-0.3, -0.25) is 0 Å². The van der Waals surface area contributed by atoms with Crippen LogP contribution >= 0.6 is 0 Å². The Hall–Kier alpha value is -0.0400. The van der Waals surface area contributed by atoms with Crippen LogP contribution in [0.3, 0.4) is 0 Å². The predicted molar refractivity (Wildman–Crippen MR) is 49.3 cm³/mol. The van der Waals surface area contributed by atoms with Crippen LogP contribution in [0.1, 0.15) is 34.1 Å². The smallest absolute Gasteiger partial charge is 0.00486 e. The summed E-state index contributed by atoms with van der Waals surface area (Å²) in [6.07, 6.45) is 1.38. The van der Waals surface area contributed by atoms with Crippen LogP contribution in [-0.2, 0) is 0 Å². The van der Waals surface area contributed by atoms with Gasteiger partial charge in [-0.05, 0) is 36.1 Å². The average Bonchev–Trinajstić information content (AvgIpc) is 1.98. The molecule has 1 saturated carbocycles. The summed E-state index contributed by atoms with van der Waals surface area (Å²) >= 11 is 0. The highest BCUT2D eigenvalue weighted by atomic mass is 14.6. The second-order valence-corrected chi connectivity index (χ2v) is 4.78. The summed E-state index contributed by atoms with van der Waals surface area (Å²) in [5.41, 5.74) is 6.19. The zero-order valence-electron chi connectivity index (χ0n) is 8.22. The summed E-state index contributed by atoms with van der Waals surface area (Å²) in [4.78, 5) is 0. The Morgan fingerprint density at radius 1 is 1.55 bits per heavy atom. The Morgan fingerprint density at radius 2 is 2.09 bits per heavy atom. The fourth-order valence-corrected chi connectivity index (χ4v) is 2.32. The summed E-state index contributed by atoms with van der Waals surface area (Å²) in [5, 5.41) is 0. The molecule has 11 heavy (non-hydrogen) atoms. The van der Waals surface area contributed by atoms with Gasteiger partial charge in [0.1, 0.15) is 0 Å². The van der Waals surface area contributed by atoms with E-state index in [1.54, 1.807) is 0 Å². The molecule has 0 aromatic rings. The van der Waals surface area contributed by atoms with Crippen LogP contribution in [0.5, 0.6) is 0 Å². The van der Waals surface area contributed by atoms with E-state index in [1.807, 2.05) is 0 Å². The minimum Gasteiger partial charge on any atom is -0.330 e. The molecule has 0 heterocycles. The molecule has 0 saturated heterocycles. The van der Waals surface area contributed by atoms with Gasteiger partial charge >= 0.3 is 0 Å². The number of hydrogen-bond acceptors (Lipinski definition) is 1. The maximum Gasteiger partial charge on any atom is -0.00486 e. The maximum atomic E-state index is 5.65. The molecule has 1 rings (SSSR count). The Labute approximate surface area is 70.4 Å². The van der Waals surface area contributed by atoms with E-state index in [1.165, 1.54) is 6.42 Å². The second-order valence-electron chi connectivity index (χ2n) is 4.78. The molecular formula is C10H21N. The molecule has 1 fully saturated rings. The summed E-state index contributed by atoms with van der Waals surface area (Å²) in [7, 11) is 0. The minimum absolute atomic E-state index is 0.540. The van der Waals surface area contributed by atoms with Gasteiger partial charge in [0.25, 0.3) is 0 Å². The van der Waals surface area contributed by atoms with Crippen molar-refractivity contribution >= 4 is 0 Å². The highest BCUT2D eigenvalue weighted by Crippen LogP contribution is 2.53. The van der Waals surface area contributed by atoms with Gasteiger partial charge in [0.05, 0.1) is 0 Å². The molecule has 3 unspecified atom stereocenters. The van der Waals surface area contributed by atoms with E-state index in [0.29, 0.717) is 11.3 Å². The lowest BCUT2D eigenvalue weighted by Crippen LogP contribution is -2.47. The third-order valence-electron chi connectivity index (χ3n) is 3.89. The van der Waals surface area contributed by atoms with E-state index >= 15 is 0 Å². The van der Waals surface area contributed by atoms with E-state index in [-0.39, 0.29) is 0 Å². The largest absolute Gasteiger partial charge is 0.330 e. The molecule has 66 valence electrons. The van der Waals surface area contributed by atoms with Crippen molar-refractivity contribution in [1.82, 2.24) is 0 Å².